The number of rotatable bonds is 8. The molecule has 7 nitrogen and oxygen atoms in total. The molecule has 2 atom stereocenters. The van der Waals surface area contributed by atoms with E-state index in [1.165, 1.54) is 0 Å². The van der Waals surface area contributed by atoms with Gasteiger partial charge < -0.3 is 24.4 Å². The lowest BCUT2D eigenvalue weighted by molar-refractivity contribution is -0.132. The van der Waals surface area contributed by atoms with Crippen LogP contribution < -0.4 is 19.5 Å². The lowest BCUT2D eigenvalue weighted by Crippen LogP contribution is -2.36. The molecular formula is C23H36N2O5. The molecule has 0 aromatic heterocycles. The van der Waals surface area contributed by atoms with Gasteiger partial charge in [0.1, 0.15) is 0 Å². The molecule has 1 aliphatic rings. The van der Waals surface area contributed by atoms with E-state index < -0.39 is 0 Å². The Morgan fingerprint density at radius 1 is 1.07 bits per heavy atom. The van der Waals surface area contributed by atoms with Crippen LogP contribution in [0.25, 0.3) is 0 Å². The van der Waals surface area contributed by atoms with Gasteiger partial charge in [-0.2, -0.15) is 0 Å². The standard InChI is InChI=1S/C23H36N2O5/c1-8-9-24-22(27)17-14-25(20(26)12-23(2,3)4)13-16(17)15-10-18(28-5)21(30-7)19(11-15)29-6/h10-11,16-17H,8-9,12-14H2,1-7H3,(H,24,27)/t16-,17-/m1/s1. The average Bonchev–Trinajstić information content (AvgIpc) is 3.15. The number of hydrogen-bond acceptors (Lipinski definition) is 5. The molecule has 1 N–H and O–H groups in total. The Hall–Kier alpha value is -2.44. The van der Waals surface area contributed by atoms with E-state index in [0.717, 1.165) is 12.0 Å². The number of ether oxygens (including phenoxy) is 3. The molecule has 2 amide bonds. The third-order valence-corrected chi connectivity index (χ3v) is 5.36. The zero-order chi connectivity index (χ0) is 22.5. The molecule has 0 saturated carbocycles. The van der Waals surface area contributed by atoms with Crippen molar-refractivity contribution in [2.75, 3.05) is 41.0 Å². The maximum Gasteiger partial charge on any atom is 0.225 e. The molecule has 0 bridgehead atoms. The highest BCUT2D eigenvalue weighted by atomic mass is 16.5. The molecule has 1 saturated heterocycles. The first-order chi connectivity index (χ1) is 14.1. The lowest BCUT2D eigenvalue weighted by Gasteiger charge is -2.23. The minimum Gasteiger partial charge on any atom is -0.493 e. The van der Waals surface area contributed by atoms with Crippen molar-refractivity contribution < 1.29 is 23.8 Å². The van der Waals surface area contributed by atoms with Crippen LogP contribution in [-0.4, -0.2) is 57.7 Å². The van der Waals surface area contributed by atoms with E-state index in [1.54, 1.807) is 21.3 Å². The van der Waals surface area contributed by atoms with Crippen molar-refractivity contribution in [3.05, 3.63) is 17.7 Å². The molecule has 1 aromatic rings. The summed E-state index contributed by atoms with van der Waals surface area (Å²) in [6.07, 6.45) is 1.30. The fraction of sp³-hybridized carbons (Fsp3) is 0.652. The van der Waals surface area contributed by atoms with E-state index in [1.807, 2.05) is 44.7 Å². The van der Waals surface area contributed by atoms with Crippen LogP contribution in [0.5, 0.6) is 17.2 Å². The summed E-state index contributed by atoms with van der Waals surface area (Å²) in [7, 11) is 4.70. The van der Waals surface area contributed by atoms with Gasteiger partial charge in [-0.1, -0.05) is 27.7 Å². The molecule has 1 aromatic carbocycles. The quantitative estimate of drug-likeness (QED) is 0.699. The second-order valence-electron chi connectivity index (χ2n) is 9.00. The SMILES string of the molecule is CCCNC(=O)[C@@H]1CN(C(=O)CC(C)(C)C)C[C@@H]1c1cc(OC)c(OC)c(OC)c1. The third kappa shape index (κ3) is 5.58. The van der Waals surface area contributed by atoms with E-state index in [4.69, 9.17) is 14.2 Å². The van der Waals surface area contributed by atoms with Crippen molar-refractivity contribution >= 4 is 11.8 Å². The van der Waals surface area contributed by atoms with Crippen LogP contribution in [-0.2, 0) is 9.59 Å². The van der Waals surface area contributed by atoms with Gasteiger partial charge in [0.2, 0.25) is 17.6 Å². The molecule has 0 unspecified atom stereocenters. The maximum absolute atomic E-state index is 12.9. The highest BCUT2D eigenvalue weighted by Crippen LogP contribution is 2.43. The van der Waals surface area contributed by atoms with E-state index in [2.05, 4.69) is 5.32 Å². The highest BCUT2D eigenvalue weighted by molar-refractivity contribution is 5.83. The van der Waals surface area contributed by atoms with Crippen LogP contribution in [0.15, 0.2) is 12.1 Å². The van der Waals surface area contributed by atoms with Crippen molar-refractivity contribution in [3.8, 4) is 17.2 Å². The van der Waals surface area contributed by atoms with Crippen molar-refractivity contribution in [1.29, 1.82) is 0 Å². The van der Waals surface area contributed by atoms with Gasteiger partial charge in [0.15, 0.2) is 11.5 Å². The fourth-order valence-electron chi connectivity index (χ4n) is 3.87. The van der Waals surface area contributed by atoms with Crippen LogP contribution in [0.3, 0.4) is 0 Å². The summed E-state index contributed by atoms with van der Waals surface area (Å²) in [5.41, 5.74) is 0.786. The van der Waals surface area contributed by atoms with Crippen LogP contribution in [0.2, 0.25) is 0 Å². The number of amides is 2. The van der Waals surface area contributed by atoms with Gasteiger partial charge in [0.05, 0.1) is 27.2 Å². The zero-order valence-electron chi connectivity index (χ0n) is 19.3. The van der Waals surface area contributed by atoms with Crippen molar-refractivity contribution in [1.82, 2.24) is 10.2 Å². The van der Waals surface area contributed by atoms with Crippen molar-refractivity contribution in [2.45, 2.75) is 46.5 Å². The first kappa shape index (κ1) is 23.8. The third-order valence-electron chi connectivity index (χ3n) is 5.36. The fourth-order valence-corrected chi connectivity index (χ4v) is 3.87. The summed E-state index contributed by atoms with van der Waals surface area (Å²) >= 11 is 0. The number of carbonyl (C=O) groups is 2. The number of carbonyl (C=O) groups excluding carboxylic acids is 2. The van der Waals surface area contributed by atoms with Gasteiger partial charge in [0.25, 0.3) is 0 Å². The molecule has 1 heterocycles. The van der Waals surface area contributed by atoms with Crippen LogP contribution in [0, 0.1) is 11.3 Å². The molecule has 0 radical (unpaired) electrons. The van der Waals surface area contributed by atoms with Crippen molar-refractivity contribution in [2.24, 2.45) is 11.3 Å². The Morgan fingerprint density at radius 3 is 2.13 bits per heavy atom. The van der Waals surface area contributed by atoms with Gasteiger partial charge >= 0.3 is 0 Å². The number of nitrogens with one attached hydrogen (secondary N) is 1. The molecule has 1 aliphatic heterocycles. The molecular weight excluding hydrogens is 384 g/mol. The van der Waals surface area contributed by atoms with Gasteiger partial charge in [-0.25, -0.2) is 0 Å². The Morgan fingerprint density at radius 2 is 1.67 bits per heavy atom. The summed E-state index contributed by atoms with van der Waals surface area (Å²) < 4.78 is 16.4. The summed E-state index contributed by atoms with van der Waals surface area (Å²) in [5, 5.41) is 3.00. The number of likely N-dealkylation sites (tertiary alicyclic amines) is 1. The van der Waals surface area contributed by atoms with E-state index in [0.29, 0.717) is 43.3 Å². The molecule has 7 heteroatoms. The first-order valence-corrected chi connectivity index (χ1v) is 10.5. The monoisotopic (exact) mass is 420 g/mol. The number of methoxy groups -OCH3 is 3. The molecule has 2 rings (SSSR count). The minimum absolute atomic E-state index is 0.0262. The molecule has 1 fully saturated rings. The Balaban J connectivity index is 2.40. The van der Waals surface area contributed by atoms with Crippen LogP contribution in [0.4, 0.5) is 0 Å². The van der Waals surface area contributed by atoms with Gasteiger partial charge in [-0.15, -0.1) is 0 Å². The Kier molecular flexibility index (Phi) is 7.98. The van der Waals surface area contributed by atoms with E-state index in [-0.39, 0.29) is 29.1 Å². The van der Waals surface area contributed by atoms with Crippen LogP contribution in [0.1, 0.15) is 52.0 Å². The Labute approximate surface area is 180 Å². The predicted molar refractivity (Wildman–Crippen MR) is 116 cm³/mol. The highest BCUT2D eigenvalue weighted by Gasteiger charge is 2.41. The summed E-state index contributed by atoms with van der Waals surface area (Å²) in [6, 6.07) is 3.76. The second-order valence-corrected chi connectivity index (χ2v) is 9.00. The van der Waals surface area contributed by atoms with E-state index in [9.17, 15) is 9.59 Å². The lowest BCUT2D eigenvalue weighted by atomic mass is 9.88. The normalized spacial score (nSPS) is 18.8. The topological polar surface area (TPSA) is 77.1 Å². The minimum atomic E-state index is -0.330. The number of hydrogen-bond donors (Lipinski definition) is 1. The summed E-state index contributed by atoms with van der Waals surface area (Å²) in [4.78, 5) is 27.6. The average molecular weight is 421 g/mol. The molecule has 0 spiro atoms. The van der Waals surface area contributed by atoms with Gasteiger partial charge in [0, 0.05) is 32.0 Å². The predicted octanol–water partition coefficient (Wildman–Crippen LogP) is 3.22. The molecule has 0 aliphatic carbocycles. The largest absolute Gasteiger partial charge is 0.493 e. The molecule has 168 valence electrons. The second kappa shape index (κ2) is 10.0. The Bertz CT molecular complexity index is 731. The van der Waals surface area contributed by atoms with Gasteiger partial charge in [-0.3, -0.25) is 9.59 Å². The molecule has 30 heavy (non-hydrogen) atoms. The number of nitrogens with zero attached hydrogens (tertiary/aromatic N) is 1. The summed E-state index contributed by atoms with van der Waals surface area (Å²) in [6.45, 7) is 9.66. The zero-order valence-corrected chi connectivity index (χ0v) is 19.3. The smallest absolute Gasteiger partial charge is 0.225 e. The van der Waals surface area contributed by atoms with Gasteiger partial charge in [-0.05, 0) is 29.5 Å². The maximum atomic E-state index is 12.9. The number of benzene rings is 1. The summed E-state index contributed by atoms with van der Waals surface area (Å²) in [5.74, 6) is 1.16. The first-order valence-electron chi connectivity index (χ1n) is 10.5. The van der Waals surface area contributed by atoms with E-state index >= 15 is 0 Å². The van der Waals surface area contributed by atoms with Crippen LogP contribution >= 0.6 is 0 Å². The van der Waals surface area contributed by atoms with Crippen molar-refractivity contribution in [3.63, 3.8) is 0 Å².